The monoisotopic (exact) mass is 381 g/mol. The highest BCUT2D eigenvalue weighted by atomic mass is 35.5. The first-order chi connectivity index (χ1) is 12.0. The van der Waals surface area contributed by atoms with Crippen molar-refractivity contribution in [3.8, 4) is 5.75 Å². The molecule has 0 aliphatic rings. The van der Waals surface area contributed by atoms with E-state index in [4.69, 9.17) is 16.3 Å². The molecule has 0 saturated carbocycles. The fourth-order valence-electron chi connectivity index (χ4n) is 2.20. The van der Waals surface area contributed by atoms with E-state index < -0.39 is 0 Å². The Kier molecular flexibility index (Phi) is 7.68. The zero-order valence-corrected chi connectivity index (χ0v) is 16.4. The van der Waals surface area contributed by atoms with E-state index in [0.29, 0.717) is 31.1 Å². The Morgan fingerprint density at radius 3 is 2.60 bits per heavy atom. The number of benzene rings is 1. The molecule has 0 aliphatic heterocycles. The third kappa shape index (κ3) is 6.65. The van der Waals surface area contributed by atoms with Gasteiger partial charge in [0.1, 0.15) is 17.4 Å². The predicted molar refractivity (Wildman–Crippen MR) is 102 cm³/mol. The van der Waals surface area contributed by atoms with Gasteiger partial charge in [0, 0.05) is 29.9 Å². The second kappa shape index (κ2) is 9.75. The second-order valence-corrected chi connectivity index (χ2v) is 7.33. The molecule has 0 N–H and O–H groups in total. The van der Waals surface area contributed by atoms with Gasteiger partial charge in [0.25, 0.3) is 0 Å². The Bertz CT molecular complexity index is 673. The number of amides is 1. The molecule has 25 heavy (non-hydrogen) atoms. The van der Waals surface area contributed by atoms with Crippen LogP contribution in [0.4, 0.5) is 0 Å². The van der Waals surface area contributed by atoms with Gasteiger partial charge in [0.15, 0.2) is 0 Å². The first-order valence-electron chi connectivity index (χ1n) is 8.22. The van der Waals surface area contributed by atoms with Crippen LogP contribution in [0.15, 0.2) is 29.6 Å². The minimum atomic E-state index is 0.147. The van der Waals surface area contributed by atoms with Gasteiger partial charge in [-0.1, -0.05) is 18.5 Å². The van der Waals surface area contributed by atoms with Crippen LogP contribution in [0.5, 0.6) is 5.75 Å². The topological polar surface area (TPSA) is 45.7 Å². The highest BCUT2D eigenvalue weighted by molar-refractivity contribution is 7.09. The fourth-order valence-corrected chi connectivity index (χ4v) is 3.02. The van der Waals surface area contributed by atoms with Crippen LogP contribution in [0.3, 0.4) is 0 Å². The predicted octanol–water partition coefficient (Wildman–Crippen LogP) is 3.68. The Labute approximate surface area is 158 Å². The quantitative estimate of drug-likeness (QED) is 0.664. The lowest BCUT2D eigenvalue weighted by atomic mass is 10.3. The van der Waals surface area contributed by atoms with Crippen molar-refractivity contribution in [2.45, 2.75) is 26.5 Å². The van der Waals surface area contributed by atoms with E-state index in [1.54, 1.807) is 23.5 Å². The van der Waals surface area contributed by atoms with E-state index in [9.17, 15) is 4.79 Å². The largest absolute Gasteiger partial charge is 0.486 e. The summed E-state index contributed by atoms with van der Waals surface area (Å²) in [5.41, 5.74) is 0.903. The molecule has 0 unspecified atom stereocenters. The van der Waals surface area contributed by atoms with Crippen LogP contribution >= 0.6 is 22.9 Å². The number of aromatic nitrogens is 1. The molecule has 0 aliphatic carbocycles. The maximum absolute atomic E-state index is 12.1. The Hall–Kier alpha value is -1.63. The van der Waals surface area contributed by atoms with Crippen LogP contribution in [0.2, 0.25) is 5.02 Å². The minimum absolute atomic E-state index is 0.147. The van der Waals surface area contributed by atoms with Gasteiger partial charge in [-0.05, 0) is 38.4 Å². The number of rotatable bonds is 9. The number of hydrogen-bond donors (Lipinski definition) is 0. The number of likely N-dealkylation sites (N-methyl/N-ethyl adjacent to an activating group) is 1. The summed E-state index contributed by atoms with van der Waals surface area (Å²) in [7, 11) is 4.01. The van der Waals surface area contributed by atoms with E-state index in [1.807, 2.05) is 43.4 Å². The second-order valence-electron chi connectivity index (χ2n) is 5.95. The molecular formula is C18H24ClN3O2S. The number of nitrogens with zero attached hydrogens (tertiary/aromatic N) is 3. The number of thiazole rings is 1. The lowest BCUT2D eigenvalue weighted by molar-refractivity contribution is -0.131. The number of carbonyl (C=O) groups is 1. The van der Waals surface area contributed by atoms with Gasteiger partial charge in [-0.25, -0.2) is 4.98 Å². The summed E-state index contributed by atoms with van der Waals surface area (Å²) >= 11 is 7.41. The van der Waals surface area contributed by atoms with Crippen LogP contribution < -0.4 is 4.74 Å². The van der Waals surface area contributed by atoms with Crippen LogP contribution in [0, 0.1) is 0 Å². The van der Waals surface area contributed by atoms with E-state index in [2.05, 4.69) is 9.88 Å². The molecule has 0 fully saturated rings. The van der Waals surface area contributed by atoms with E-state index in [0.717, 1.165) is 23.0 Å². The number of carbonyl (C=O) groups excluding carboxylic acids is 1. The number of hydrogen-bond acceptors (Lipinski definition) is 5. The van der Waals surface area contributed by atoms with Gasteiger partial charge in [-0.15, -0.1) is 11.3 Å². The molecular weight excluding hydrogens is 358 g/mol. The first-order valence-corrected chi connectivity index (χ1v) is 9.48. The summed E-state index contributed by atoms with van der Waals surface area (Å²) in [6, 6.07) is 7.26. The van der Waals surface area contributed by atoms with Crippen LogP contribution in [0.1, 0.15) is 24.0 Å². The Morgan fingerprint density at radius 2 is 1.96 bits per heavy atom. The SMILES string of the molecule is CCC(=O)N(CCN(C)C)Cc1csc(COc2ccc(Cl)cc2)n1. The van der Waals surface area contributed by atoms with E-state index in [-0.39, 0.29) is 5.91 Å². The standard InChI is InChI=1S/C18H24ClN3O2S/c1-4-18(23)22(10-9-21(2)3)11-15-13-25-17(20-15)12-24-16-7-5-14(19)6-8-16/h5-8,13H,4,9-12H2,1-3H3. The van der Waals surface area contributed by atoms with Gasteiger partial charge in [0.2, 0.25) is 5.91 Å². The molecule has 0 spiro atoms. The summed E-state index contributed by atoms with van der Waals surface area (Å²) < 4.78 is 5.72. The van der Waals surface area contributed by atoms with E-state index >= 15 is 0 Å². The van der Waals surface area contributed by atoms with Crippen molar-refractivity contribution in [3.05, 3.63) is 45.4 Å². The molecule has 5 nitrogen and oxygen atoms in total. The molecule has 0 saturated heterocycles. The van der Waals surface area contributed by atoms with Crippen LogP contribution in [0.25, 0.3) is 0 Å². The maximum Gasteiger partial charge on any atom is 0.222 e. The molecule has 0 atom stereocenters. The van der Waals surface area contributed by atoms with Crippen LogP contribution in [-0.2, 0) is 17.9 Å². The normalized spacial score (nSPS) is 10.9. The van der Waals surface area contributed by atoms with Crippen molar-refractivity contribution >= 4 is 28.8 Å². The van der Waals surface area contributed by atoms with Gasteiger partial charge in [-0.2, -0.15) is 0 Å². The van der Waals surface area contributed by atoms with Crippen molar-refractivity contribution in [3.63, 3.8) is 0 Å². The molecule has 0 bridgehead atoms. The van der Waals surface area contributed by atoms with E-state index in [1.165, 1.54) is 0 Å². The lowest BCUT2D eigenvalue weighted by Gasteiger charge is -2.23. The molecule has 2 rings (SSSR count). The van der Waals surface area contributed by atoms with Crippen LogP contribution in [-0.4, -0.2) is 47.9 Å². The maximum atomic E-state index is 12.1. The summed E-state index contributed by atoms with van der Waals surface area (Å²) in [6.45, 7) is 4.37. The Morgan fingerprint density at radius 1 is 1.24 bits per heavy atom. The van der Waals surface area contributed by atoms with Gasteiger partial charge in [-0.3, -0.25) is 4.79 Å². The van der Waals surface area contributed by atoms with Gasteiger partial charge < -0.3 is 14.5 Å². The molecule has 1 aromatic carbocycles. The first kappa shape index (κ1) is 19.7. The highest BCUT2D eigenvalue weighted by Crippen LogP contribution is 2.19. The molecule has 0 radical (unpaired) electrons. The van der Waals surface area contributed by atoms with Gasteiger partial charge in [0.05, 0.1) is 12.2 Å². The average Bonchev–Trinajstić information content (AvgIpc) is 3.04. The van der Waals surface area contributed by atoms with Crippen molar-refractivity contribution in [1.82, 2.24) is 14.8 Å². The highest BCUT2D eigenvalue weighted by Gasteiger charge is 2.14. The molecule has 1 amide bonds. The molecule has 7 heteroatoms. The number of halogens is 1. The zero-order chi connectivity index (χ0) is 18.2. The minimum Gasteiger partial charge on any atom is -0.486 e. The lowest BCUT2D eigenvalue weighted by Crippen LogP contribution is -2.35. The smallest absolute Gasteiger partial charge is 0.222 e. The summed E-state index contributed by atoms with van der Waals surface area (Å²) in [4.78, 5) is 20.6. The average molecular weight is 382 g/mol. The summed E-state index contributed by atoms with van der Waals surface area (Å²) in [5, 5.41) is 3.57. The third-order valence-electron chi connectivity index (χ3n) is 3.60. The van der Waals surface area contributed by atoms with Crippen molar-refractivity contribution in [1.29, 1.82) is 0 Å². The number of ether oxygens (including phenoxy) is 1. The van der Waals surface area contributed by atoms with Gasteiger partial charge >= 0.3 is 0 Å². The third-order valence-corrected chi connectivity index (χ3v) is 4.72. The molecule has 2 aromatic rings. The van der Waals surface area contributed by atoms with Crippen molar-refractivity contribution < 1.29 is 9.53 Å². The molecule has 136 valence electrons. The Balaban J connectivity index is 1.91. The van der Waals surface area contributed by atoms with Crippen molar-refractivity contribution in [2.24, 2.45) is 0 Å². The molecule has 1 aromatic heterocycles. The molecule has 1 heterocycles. The summed E-state index contributed by atoms with van der Waals surface area (Å²) in [5.74, 6) is 0.906. The fraction of sp³-hybridized carbons (Fsp3) is 0.444. The summed E-state index contributed by atoms with van der Waals surface area (Å²) in [6.07, 6.45) is 0.504. The van der Waals surface area contributed by atoms with Crippen molar-refractivity contribution in [2.75, 3.05) is 27.2 Å². The zero-order valence-electron chi connectivity index (χ0n) is 14.9.